The van der Waals surface area contributed by atoms with Gasteiger partial charge in [0.25, 0.3) is 11.8 Å². The molecule has 5 N–H and O–H groups in total. The first-order valence-electron chi connectivity index (χ1n) is 12.6. The molecule has 0 spiro atoms. The summed E-state index contributed by atoms with van der Waals surface area (Å²) in [5.41, 5.74) is 15.8. The van der Waals surface area contributed by atoms with E-state index in [0.717, 1.165) is 30.4 Å². The summed E-state index contributed by atoms with van der Waals surface area (Å²) >= 11 is 0. The summed E-state index contributed by atoms with van der Waals surface area (Å²) < 4.78 is 6.84. The van der Waals surface area contributed by atoms with Gasteiger partial charge in [-0.05, 0) is 50.3 Å². The van der Waals surface area contributed by atoms with E-state index in [0.29, 0.717) is 36.4 Å². The van der Waals surface area contributed by atoms with Crippen molar-refractivity contribution in [3.63, 3.8) is 0 Å². The lowest BCUT2D eigenvalue weighted by atomic mass is 9.86. The Bertz CT molecular complexity index is 1300. The van der Waals surface area contributed by atoms with Crippen molar-refractivity contribution in [1.82, 2.24) is 15.1 Å². The Morgan fingerprint density at radius 2 is 1.84 bits per heavy atom. The summed E-state index contributed by atoms with van der Waals surface area (Å²) in [5, 5.41) is 7.62. The lowest BCUT2D eigenvalue weighted by Crippen LogP contribution is -2.27. The highest BCUT2D eigenvalue weighted by molar-refractivity contribution is 6.03. The normalized spacial score (nSPS) is 17.2. The molecule has 0 aliphatic heterocycles. The number of carbonyl (C=O) groups is 3. The fourth-order valence-electron chi connectivity index (χ4n) is 4.92. The second-order valence-electron chi connectivity index (χ2n) is 9.38. The zero-order valence-corrected chi connectivity index (χ0v) is 21.2. The zero-order valence-electron chi connectivity index (χ0n) is 21.2. The summed E-state index contributed by atoms with van der Waals surface area (Å²) in [6.45, 7) is 4.38. The maximum absolute atomic E-state index is 12.5. The lowest BCUT2D eigenvalue weighted by Gasteiger charge is -2.28. The predicted octanol–water partition coefficient (Wildman–Crippen LogP) is 3.76. The molecular formula is C28H33N5O4. The van der Waals surface area contributed by atoms with Gasteiger partial charge < -0.3 is 21.5 Å². The van der Waals surface area contributed by atoms with E-state index >= 15 is 0 Å². The Balaban J connectivity index is 1.52. The number of hydrogen-bond acceptors (Lipinski definition) is 6. The number of aromatic nitrogens is 2. The molecule has 0 unspecified atom stereocenters. The molecule has 194 valence electrons. The molecule has 1 aliphatic carbocycles. The van der Waals surface area contributed by atoms with Gasteiger partial charge in [0.1, 0.15) is 17.1 Å². The van der Waals surface area contributed by atoms with Gasteiger partial charge in [-0.1, -0.05) is 48.9 Å². The third-order valence-electron chi connectivity index (χ3n) is 6.88. The Morgan fingerprint density at radius 3 is 2.51 bits per heavy atom. The van der Waals surface area contributed by atoms with Crippen LogP contribution in [0, 0.1) is 12.8 Å². The second-order valence-corrected chi connectivity index (χ2v) is 9.38. The van der Waals surface area contributed by atoms with Crippen LogP contribution in [0.3, 0.4) is 0 Å². The molecule has 1 aliphatic rings. The average molecular weight is 504 g/mol. The number of amides is 2. The highest BCUT2D eigenvalue weighted by Gasteiger charge is 2.32. The maximum atomic E-state index is 12.5. The van der Waals surface area contributed by atoms with E-state index in [2.05, 4.69) is 10.4 Å². The van der Waals surface area contributed by atoms with Crippen LogP contribution in [0.4, 0.5) is 5.82 Å². The molecule has 2 amide bonds. The molecule has 9 nitrogen and oxygen atoms in total. The fraction of sp³-hybridized carbons (Fsp3) is 0.357. The highest BCUT2D eigenvalue weighted by Crippen LogP contribution is 2.37. The predicted molar refractivity (Wildman–Crippen MR) is 141 cm³/mol. The molecular weight excluding hydrogens is 470 g/mol. The Labute approximate surface area is 216 Å². The van der Waals surface area contributed by atoms with E-state index in [9.17, 15) is 14.4 Å². The molecule has 37 heavy (non-hydrogen) atoms. The first kappa shape index (κ1) is 25.9. The van der Waals surface area contributed by atoms with Gasteiger partial charge in [0.15, 0.2) is 0 Å². The number of ether oxygens (including phenoxy) is 1. The number of carbonyl (C=O) groups excluding carboxylic acids is 3. The number of esters is 1. The van der Waals surface area contributed by atoms with Gasteiger partial charge in [-0.15, -0.1) is 0 Å². The van der Waals surface area contributed by atoms with Gasteiger partial charge in [-0.3, -0.25) is 14.4 Å². The summed E-state index contributed by atoms with van der Waals surface area (Å²) in [5.74, 6) is -1.04. The molecule has 1 aromatic heterocycles. The second kappa shape index (κ2) is 11.3. The van der Waals surface area contributed by atoms with Gasteiger partial charge >= 0.3 is 5.97 Å². The third kappa shape index (κ3) is 5.66. The number of anilines is 1. The van der Waals surface area contributed by atoms with Crippen LogP contribution in [0.2, 0.25) is 0 Å². The molecule has 9 heteroatoms. The lowest BCUT2D eigenvalue weighted by molar-refractivity contribution is -0.149. The van der Waals surface area contributed by atoms with Crippen LogP contribution in [0.15, 0.2) is 48.5 Å². The average Bonchev–Trinajstić information content (AvgIpc) is 3.25. The van der Waals surface area contributed by atoms with E-state index in [4.69, 9.17) is 16.2 Å². The SMILES string of the molecule is CCOC(=O)[C@H]1CCC[C@H](n2nc(-c3ccc(CNC(=O)c4ccccc4C)cc3)c(C(N)=O)c2N)C1. The van der Waals surface area contributed by atoms with Gasteiger partial charge in [0.05, 0.1) is 18.6 Å². The van der Waals surface area contributed by atoms with E-state index in [1.165, 1.54) is 0 Å². The summed E-state index contributed by atoms with van der Waals surface area (Å²) in [4.78, 5) is 37.2. The Kier molecular flexibility index (Phi) is 7.91. The monoisotopic (exact) mass is 503 g/mol. The number of hydrogen-bond donors (Lipinski definition) is 3. The van der Waals surface area contributed by atoms with Crippen molar-refractivity contribution in [2.45, 2.75) is 52.1 Å². The summed E-state index contributed by atoms with van der Waals surface area (Å²) in [7, 11) is 0. The number of nitrogens with two attached hydrogens (primary N) is 2. The Morgan fingerprint density at radius 1 is 1.11 bits per heavy atom. The first-order valence-corrected chi connectivity index (χ1v) is 12.6. The number of nitrogen functional groups attached to an aromatic ring is 1. The van der Waals surface area contributed by atoms with E-state index < -0.39 is 5.91 Å². The number of benzene rings is 2. The molecule has 2 aromatic carbocycles. The van der Waals surface area contributed by atoms with Crippen molar-refractivity contribution in [3.8, 4) is 11.3 Å². The largest absolute Gasteiger partial charge is 0.466 e. The van der Waals surface area contributed by atoms with Crippen molar-refractivity contribution in [2.75, 3.05) is 12.3 Å². The van der Waals surface area contributed by atoms with Crippen LogP contribution in [0.5, 0.6) is 0 Å². The van der Waals surface area contributed by atoms with Crippen LogP contribution in [0.25, 0.3) is 11.3 Å². The number of primary amides is 1. The van der Waals surface area contributed by atoms with Crippen molar-refractivity contribution in [3.05, 3.63) is 70.8 Å². The van der Waals surface area contributed by atoms with Crippen molar-refractivity contribution < 1.29 is 19.1 Å². The number of nitrogens with one attached hydrogen (secondary N) is 1. The molecule has 0 saturated heterocycles. The van der Waals surface area contributed by atoms with E-state index in [-0.39, 0.29) is 35.2 Å². The minimum Gasteiger partial charge on any atom is -0.466 e. The smallest absolute Gasteiger partial charge is 0.308 e. The molecule has 1 saturated carbocycles. The van der Waals surface area contributed by atoms with E-state index in [1.54, 1.807) is 17.7 Å². The van der Waals surface area contributed by atoms with Crippen LogP contribution in [-0.4, -0.2) is 34.2 Å². The number of nitrogens with zero attached hydrogens (tertiary/aromatic N) is 2. The molecule has 1 fully saturated rings. The van der Waals surface area contributed by atoms with Crippen LogP contribution in [0.1, 0.15) is 70.5 Å². The van der Waals surface area contributed by atoms with Gasteiger partial charge in [-0.25, -0.2) is 4.68 Å². The number of aryl methyl sites for hydroxylation is 1. The molecule has 3 aromatic rings. The molecule has 4 rings (SSSR count). The summed E-state index contributed by atoms with van der Waals surface area (Å²) in [6.07, 6.45) is 2.92. The maximum Gasteiger partial charge on any atom is 0.308 e. The first-order chi connectivity index (χ1) is 17.8. The summed E-state index contributed by atoms with van der Waals surface area (Å²) in [6, 6.07) is 14.7. The molecule has 1 heterocycles. The minimum atomic E-state index is -0.661. The van der Waals surface area contributed by atoms with E-state index in [1.807, 2.05) is 49.4 Å². The Hall–Kier alpha value is -4.14. The minimum absolute atomic E-state index is 0.133. The standard InChI is InChI=1S/C28H33N5O4/c1-3-37-28(36)20-8-6-9-21(15-20)33-25(29)23(26(30)34)24(32-33)19-13-11-18(12-14-19)16-31-27(35)22-10-5-4-7-17(22)2/h4-5,7,10-14,20-21H,3,6,8-9,15-16,29H2,1-2H3,(H2,30,34)(H,31,35)/t20-,21-/m0/s1. The number of rotatable bonds is 8. The van der Waals surface area contributed by atoms with Crippen LogP contribution in [-0.2, 0) is 16.1 Å². The molecule has 0 bridgehead atoms. The van der Waals surface area contributed by atoms with Gasteiger partial charge in [0.2, 0.25) is 0 Å². The van der Waals surface area contributed by atoms with Crippen LogP contribution < -0.4 is 16.8 Å². The fourth-order valence-corrected chi connectivity index (χ4v) is 4.92. The van der Waals surface area contributed by atoms with Crippen LogP contribution >= 0.6 is 0 Å². The van der Waals surface area contributed by atoms with Crippen molar-refractivity contribution in [2.24, 2.45) is 11.7 Å². The highest BCUT2D eigenvalue weighted by atomic mass is 16.5. The molecule has 2 atom stereocenters. The zero-order chi connectivity index (χ0) is 26.5. The quantitative estimate of drug-likeness (QED) is 0.400. The van der Waals surface area contributed by atoms with Gasteiger partial charge in [0, 0.05) is 17.7 Å². The topological polar surface area (TPSA) is 142 Å². The third-order valence-corrected chi connectivity index (χ3v) is 6.88. The van der Waals surface area contributed by atoms with Gasteiger partial charge in [-0.2, -0.15) is 5.10 Å². The van der Waals surface area contributed by atoms with Crippen molar-refractivity contribution >= 4 is 23.6 Å². The van der Waals surface area contributed by atoms with Crippen molar-refractivity contribution in [1.29, 1.82) is 0 Å². The molecule has 0 radical (unpaired) electrons.